The van der Waals surface area contributed by atoms with E-state index in [0.29, 0.717) is 38.0 Å². The summed E-state index contributed by atoms with van der Waals surface area (Å²) in [5.74, 6) is -0.129. The highest BCUT2D eigenvalue weighted by Crippen LogP contribution is 2.76. The van der Waals surface area contributed by atoms with Gasteiger partial charge in [0.15, 0.2) is 37.7 Å². The molecule has 0 bridgehead atoms. The standard InChI is InChI=1S/C67H110O32/c1-26(2)12-11-17-66(8)36-15-19-65(7)28-13-14-35-63(4,5)38(16-18-64(35,6)29(28)20-37(72)67(36,65)62(84)99-66)94-61-55(43(77)34(25-87-61)93-57-48(82)53(41(75)32(23-70)89-57)96-58-46(80)51(85-9)39(73)30(21-68)90-58)98-56-45(79)44(78)50(27(3)88-56)95-60-49(83)54(42(76)33(24-71)92-60)97-59-47(81)52(86-10)40(74)31(22-69)91-59/h20,26-28,30-61,68-83H,11-19,21-25H2,1-10H3. The molecule has 38 unspecified atom stereocenters. The fourth-order valence-electron chi connectivity index (χ4n) is 19.4. The Kier molecular flexibility index (Phi) is 23.9. The average Bonchev–Trinajstić information content (AvgIpc) is 1.52. The molecule has 0 radical (unpaired) electrons. The number of esters is 1. The third kappa shape index (κ3) is 13.5. The quantitative estimate of drug-likeness (QED) is 0.0279. The molecule has 0 amide bonds. The Balaban J connectivity index is 0.839. The molecule has 11 rings (SSSR count). The summed E-state index contributed by atoms with van der Waals surface area (Å²) in [7, 11) is 2.36. The first-order valence-corrected chi connectivity index (χ1v) is 35.2. The fourth-order valence-corrected chi connectivity index (χ4v) is 19.4. The molecule has 0 aromatic heterocycles. The minimum Gasteiger partial charge on any atom is -0.459 e. The number of fused-ring (bicyclic) bond motifs is 4. The Morgan fingerprint density at radius 2 is 0.980 bits per heavy atom. The molecule has 99 heavy (non-hydrogen) atoms. The number of carbonyl (C=O) groups is 1. The largest absolute Gasteiger partial charge is 0.459 e. The van der Waals surface area contributed by atoms with Gasteiger partial charge in [0.05, 0.1) is 51.3 Å². The lowest BCUT2D eigenvalue weighted by Crippen LogP contribution is -2.67. The fraction of sp³-hybridized carbons (Fsp3) is 0.955. The van der Waals surface area contributed by atoms with E-state index in [2.05, 4.69) is 41.5 Å². The molecule has 1 spiro atoms. The number of cyclic esters (lactones) is 1. The maximum Gasteiger partial charge on any atom is 0.316 e. The zero-order chi connectivity index (χ0) is 72.1. The predicted octanol–water partition coefficient (Wildman–Crippen LogP) is -4.03. The van der Waals surface area contributed by atoms with Crippen LogP contribution < -0.4 is 0 Å². The summed E-state index contributed by atoms with van der Waals surface area (Å²) in [6, 6.07) is 0. The zero-order valence-corrected chi connectivity index (χ0v) is 57.9. The van der Waals surface area contributed by atoms with Crippen molar-refractivity contribution in [2.45, 2.75) is 309 Å². The van der Waals surface area contributed by atoms with Gasteiger partial charge in [0.2, 0.25) is 0 Å². The minimum atomic E-state index is -2.08. The lowest BCUT2D eigenvalue weighted by atomic mass is 9.40. The molecule has 570 valence electrons. The van der Waals surface area contributed by atoms with Gasteiger partial charge in [-0.05, 0) is 99.2 Å². The highest BCUT2D eigenvalue weighted by atomic mass is 16.8. The second kappa shape index (κ2) is 30.3. The Morgan fingerprint density at radius 3 is 1.48 bits per heavy atom. The van der Waals surface area contributed by atoms with Crippen LogP contribution in [0.15, 0.2) is 11.6 Å². The number of aliphatic hydroxyl groups is 16. The summed E-state index contributed by atoms with van der Waals surface area (Å²) in [5, 5.41) is 180. The summed E-state index contributed by atoms with van der Waals surface area (Å²) in [6.45, 7) is 12.6. The number of allylic oxidation sites excluding steroid dienone is 1. The Morgan fingerprint density at radius 1 is 0.505 bits per heavy atom. The van der Waals surface area contributed by atoms with Crippen molar-refractivity contribution in [2.24, 2.45) is 45.3 Å². The lowest BCUT2D eigenvalue weighted by molar-refractivity contribution is -0.397. The van der Waals surface area contributed by atoms with Gasteiger partial charge in [-0.3, -0.25) is 4.79 Å². The molecule has 11 aliphatic rings. The first-order valence-electron chi connectivity index (χ1n) is 35.2. The van der Waals surface area contributed by atoms with Gasteiger partial charge in [-0.2, -0.15) is 0 Å². The summed E-state index contributed by atoms with van der Waals surface area (Å²) in [4.78, 5) is 14.6. The van der Waals surface area contributed by atoms with Crippen LogP contribution in [0, 0.1) is 45.3 Å². The first-order chi connectivity index (χ1) is 46.8. The monoisotopic (exact) mass is 1430 g/mol. The van der Waals surface area contributed by atoms with E-state index >= 15 is 0 Å². The average molecular weight is 1430 g/mol. The first kappa shape index (κ1) is 78.1. The number of ether oxygens (including phenoxy) is 15. The van der Waals surface area contributed by atoms with Gasteiger partial charge in [0.1, 0.15) is 145 Å². The second-order valence-corrected chi connectivity index (χ2v) is 31.2. The van der Waals surface area contributed by atoms with Gasteiger partial charge >= 0.3 is 5.97 Å². The van der Waals surface area contributed by atoms with E-state index in [-0.39, 0.29) is 23.7 Å². The van der Waals surface area contributed by atoms with Crippen LogP contribution in [-0.2, 0) is 75.8 Å². The predicted molar refractivity (Wildman–Crippen MR) is 332 cm³/mol. The van der Waals surface area contributed by atoms with E-state index in [0.717, 1.165) is 31.3 Å². The normalized spacial score (nSPS) is 52.9. The third-order valence-corrected chi connectivity index (χ3v) is 24.9. The Labute approximate surface area is 575 Å². The van der Waals surface area contributed by atoms with Gasteiger partial charge in [0, 0.05) is 20.1 Å². The molecule has 32 nitrogen and oxygen atoms in total. The van der Waals surface area contributed by atoms with Crippen LogP contribution in [0.5, 0.6) is 0 Å². The lowest BCUT2D eigenvalue weighted by Gasteiger charge is -2.64. The third-order valence-electron chi connectivity index (χ3n) is 24.9. The molecule has 38 atom stereocenters. The van der Waals surface area contributed by atoms with E-state index in [1.165, 1.54) is 21.1 Å². The second-order valence-electron chi connectivity index (χ2n) is 31.2. The molecule has 7 saturated heterocycles. The Hall–Kier alpha value is -1.99. The van der Waals surface area contributed by atoms with Crippen molar-refractivity contribution in [2.75, 3.05) is 47.3 Å². The highest BCUT2D eigenvalue weighted by Gasteiger charge is 2.79. The minimum absolute atomic E-state index is 0.0371. The summed E-state index contributed by atoms with van der Waals surface area (Å²) < 4.78 is 90.2. The molecule has 7 aliphatic heterocycles. The van der Waals surface area contributed by atoms with Crippen LogP contribution >= 0.6 is 0 Å². The molecular weight excluding hydrogens is 1320 g/mol. The number of hydrogen-bond acceptors (Lipinski definition) is 32. The molecule has 4 aliphatic carbocycles. The van der Waals surface area contributed by atoms with Crippen molar-refractivity contribution in [1.29, 1.82) is 0 Å². The number of carbonyl (C=O) groups excluding carboxylic acids is 1. The van der Waals surface area contributed by atoms with E-state index in [1.807, 2.05) is 13.0 Å². The van der Waals surface area contributed by atoms with E-state index in [9.17, 15) is 86.5 Å². The number of aliphatic hydroxyl groups excluding tert-OH is 16. The molecule has 3 saturated carbocycles. The van der Waals surface area contributed by atoms with Crippen LogP contribution in [0.2, 0.25) is 0 Å². The van der Waals surface area contributed by atoms with Crippen LogP contribution in [0.1, 0.15) is 113 Å². The molecule has 0 aromatic carbocycles. The Bertz CT molecular complexity index is 2740. The smallest absolute Gasteiger partial charge is 0.316 e. The summed E-state index contributed by atoms with van der Waals surface area (Å²) in [5.41, 5.74) is -2.51. The van der Waals surface area contributed by atoms with E-state index in [1.54, 1.807) is 0 Å². The summed E-state index contributed by atoms with van der Waals surface area (Å²) >= 11 is 0. The topological polar surface area (TPSA) is 479 Å². The van der Waals surface area contributed by atoms with Crippen LogP contribution in [0.25, 0.3) is 0 Å². The van der Waals surface area contributed by atoms with Gasteiger partial charge in [-0.1, -0.05) is 59.6 Å². The molecule has 10 fully saturated rings. The number of hydrogen-bond donors (Lipinski definition) is 16. The van der Waals surface area contributed by atoms with Crippen LogP contribution in [0.4, 0.5) is 0 Å². The highest BCUT2D eigenvalue weighted by molar-refractivity contribution is 5.84. The SMILES string of the molecule is COC1C(O)C(CO)OC(OC2C(O)C(CO)OC(OC3COC(OC4CCC5(C)C6=CC(O)C78C(=O)OC(C)(CCCC(C)C)C7CCC8(C)C6CCC5C4(C)C)C(OC4OC(C)C(OC5OC(CO)C(O)C(OC6OC(CO)C(O)C(OC)C6O)C5O)C(O)C4O)C3O)C2O)C1O. The molecule has 32 heteroatoms. The molecule has 0 aromatic rings. The molecule has 7 heterocycles. The zero-order valence-electron chi connectivity index (χ0n) is 57.9. The molecule has 16 N–H and O–H groups in total. The van der Waals surface area contributed by atoms with Gasteiger partial charge < -0.3 is 153 Å². The van der Waals surface area contributed by atoms with Crippen molar-refractivity contribution >= 4 is 5.97 Å². The van der Waals surface area contributed by atoms with Gasteiger partial charge in [-0.15, -0.1) is 0 Å². The number of rotatable bonds is 22. The van der Waals surface area contributed by atoms with Crippen molar-refractivity contribution < 1.29 is 158 Å². The van der Waals surface area contributed by atoms with Crippen molar-refractivity contribution in [1.82, 2.24) is 0 Å². The van der Waals surface area contributed by atoms with Gasteiger partial charge in [0.25, 0.3) is 0 Å². The van der Waals surface area contributed by atoms with Gasteiger partial charge in [-0.25, -0.2) is 0 Å². The van der Waals surface area contributed by atoms with Crippen molar-refractivity contribution in [3.05, 3.63) is 11.6 Å². The van der Waals surface area contributed by atoms with Crippen molar-refractivity contribution in [3.8, 4) is 0 Å². The van der Waals surface area contributed by atoms with E-state index in [4.69, 9.17) is 71.1 Å². The molecular formula is C67H110O32. The maximum absolute atomic E-state index is 14.6. The van der Waals surface area contributed by atoms with Crippen LogP contribution in [-0.4, -0.2) is 331 Å². The van der Waals surface area contributed by atoms with Crippen LogP contribution in [0.3, 0.4) is 0 Å². The maximum atomic E-state index is 14.6. The van der Waals surface area contributed by atoms with E-state index < -0.39 is 251 Å². The van der Waals surface area contributed by atoms with Crippen molar-refractivity contribution in [3.63, 3.8) is 0 Å². The number of methoxy groups -OCH3 is 2. The summed E-state index contributed by atoms with van der Waals surface area (Å²) in [6.07, 6.45) is -42.5.